The minimum atomic E-state index is -4.07. The van der Waals surface area contributed by atoms with Crippen LogP contribution in [0.4, 0.5) is 4.79 Å². The Morgan fingerprint density at radius 2 is 1.94 bits per heavy atom. The molecule has 0 aliphatic rings. The summed E-state index contributed by atoms with van der Waals surface area (Å²) in [6.45, 7) is 0. The summed E-state index contributed by atoms with van der Waals surface area (Å²) in [7, 11) is -1.80. The molecule has 88 valence electrons. The highest BCUT2D eigenvalue weighted by Gasteiger charge is 2.27. The first-order chi connectivity index (χ1) is 7.41. The zero-order valence-electron chi connectivity index (χ0n) is 8.75. The van der Waals surface area contributed by atoms with Crippen molar-refractivity contribution in [1.29, 1.82) is 0 Å². The van der Waals surface area contributed by atoms with Crippen LogP contribution in [-0.4, -0.2) is 38.1 Å². The van der Waals surface area contributed by atoms with E-state index in [-0.39, 0.29) is 15.0 Å². The summed E-state index contributed by atoms with van der Waals surface area (Å²) in [4.78, 5) is 10.4. The lowest BCUT2D eigenvalue weighted by Gasteiger charge is -2.15. The van der Waals surface area contributed by atoms with Crippen LogP contribution in [0.1, 0.15) is 0 Å². The lowest BCUT2D eigenvalue weighted by Crippen LogP contribution is -2.32. The number of methoxy groups -OCH3 is 1. The maximum absolute atomic E-state index is 11.8. The van der Waals surface area contributed by atoms with Gasteiger partial charge in [-0.25, -0.2) is 17.5 Å². The molecule has 6 nitrogen and oxygen atoms in total. The van der Waals surface area contributed by atoms with Crippen LogP contribution < -0.4 is 4.74 Å². The van der Waals surface area contributed by atoms with Crippen molar-refractivity contribution in [2.24, 2.45) is 0 Å². The summed E-state index contributed by atoms with van der Waals surface area (Å²) in [6.07, 6.45) is -1.55. The predicted octanol–water partition coefficient (Wildman–Crippen LogP) is 0.994. The number of ether oxygens (including phenoxy) is 1. The van der Waals surface area contributed by atoms with Crippen molar-refractivity contribution >= 4 is 16.1 Å². The van der Waals surface area contributed by atoms with E-state index in [4.69, 9.17) is 9.84 Å². The predicted molar refractivity (Wildman–Crippen MR) is 56.0 cm³/mol. The molecule has 7 heteroatoms. The second-order valence-electron chi connectivity index (χ2n) is 2.91. The molecule has 0 aliphatic heterocycles. The third-order valence-corrected chi connectivity index (χ3v) is 3.75. The molecule has 0 saturated heterocycles. The van der Waals surface area contributed by atoms with Crippen LogP contribution in [0.5, 0.6) is 5.75 Å². The number of para-hydroxylation sites is 1. The number of nitrogens with zero attached hydrogens (tertiary/aromatic N) is 1. The minimum absolute atomic E-state index is 0.107. The zero-order valence-corrected chi connectivity index (χ0v) is 9.56. The number of carbonyl (C=O) groups is 1. The highest BCUT2D eigenvalue weighted by Crippen LogP contribution is 2.25. The molecular formula is C9H11NO5S. The molecule has 1 aromatic carbocycles. The summed E-state index contributed by atoms with van der Waals surface area (Å²) in [5, 5.41) is 8.65. The SMILES string of the molecule is COc1ccccc1S(=O)(=O)N(C)C(=O)O. The molecule has 0 aromatic heterocycles. The van der Waals surface area contributed by atoms with Gasteiger partial charge in [-0.2, -0.15) is 0 Å². The Morgan fingerprint density at radius 1 is 1.38 bits per heavy atom. The monoisotopic (exact) mass is 245 g/mol. The highest BCUT2D eigenvalue weighted by molar-refractivity contribution is 7.89. The number of amides is 1. The van der Waals surface area contributed by atoms with Gasteiger partial charge >= 0.3 is 6.09 Å². The van der Waals surface area contributed by atoms with Gasteiger partial charge < -0.3 is 9.84 Å². The van der Waals surface area contributed by atoms with E-state index in [1.165, 1.54) is 25.3 Å². The van der Waals surface area contributed by atoms with Crippen molar-refractivity contribution in [3.8, 4) is 5.75 Å². The highest BCUT2D eigenvalue weighted by atomic mass is 32.2. The van der Waals surface area contributed by atoms with Gasteiger partial charge in [0.2, 0.25) is 0 Å². The standard InChI is InChI=1S/C9H11NO5S/c1-10(9(11)12)16(13,14)8-6-4-3-5-7(8)15-2/h3-6H,1-2H3,(H,11,12). The van der Waals surface area contributed by atoms with Crippen LogP contribution in [0.2, 0.25) is 0 Å². The normalized spacial score (nSPS) is 10.9. The lowest BCUT2D eigenvalue weighted by atomic mass is 10.3. The Kier molecular flexibility index (Phi) is 3.38. The summed E-state index contributed by atoms with van der Waals surface area (Å²) in [5.74, 6) is 0.107. The largest absolute Gasteiger partial charge is 0.495 e. The fourth-order valence-corrected chi connectivity index (χ4v) is 2.24. The number of sulfonamides is 1. The maximum Gasteiger partial charge on any atom is 0.421 e. The van der Waals surface area contributed by atoms with Crippen molar-refractivity contribution in [3.05, 3.63) is 24.3 Å². The average Bonchev–Trinajstić information content (AvgIpc) is 2.27. The summed E-state index contributed by atoms with van der Waals surface area (Å²) >= 11 is 0. The van der Waals surface area contributed by atoms with E-state index in [1.807, 2.05) is 0 Å². The van der Waals surface area contributed by atoms with Crippen molar-refractivity contribution < 1.29 is 23.1 Å². The van der Waals surface area contributed by atoms with E-state index >= 15 is 0 Å². The molecule has 0 aliphatic carbocycles. The number of hydrogen-bond donors (Lipinski definition) is 1. The van der Waals surface area contributed by atoms with Crippen molar-refractivity contribution in [3.63, 3.8) is 0 Å². The van der Waals surface area contributed by atoms with Gasteiger partial charge in [-0.15, -0.1) is 0 Å². The van der Waals surface area contributed by atoms with Crippen LogP contribution in [-0.2, 0) is 10.0 Å². The zero-order chi connectivity index (χ0) is 12.3. The summed E-state index contributed by atoms with van der Waals surface area (Å²) in [5.41, 5.74) is 0. The van der Waals surface area contributed by atoms with Crippen molar-refractivity contribution in [2.45, 2.75) is 4.90 Å². The lowest BCUT2D eigenvalue weighted by molar-refractivity contribution is 0.178. The van der Waals surface area contributed by atoms with Crippen LogP contribution in [0, 0.1) is 0 Å². The quantitative estimate of drug-likeness (QED) is 0.858. The average molecular weight is 245 g/mol. The molecule has 0 fully saturated rings. The smallest absolute Gasteiger partial charge is 0.421 e. The number of hydrogen-bond acceptors (Lipinski definition) is 4. The van der Waals surface area contributed by atoms with Crippen molar-refractivity contribution in [1.82, 2.24) is 4.31 Å². The van der Waals surface area contributed by atoms with Crippen LogP contribution in [0.3, 0.4) is 0 Å². The van der Waals surface area contributed by atoms with Gasteiger partial charge in [0, 0.05) is 7.05 Å². The van der Waals surface area contributed by atoms with E-state index in [2.05, 4.69) is 0 Å². The first kappa shape index (κ1) is 12.3. The molecule has 0 atom stereocenters. The van der Waals surface area contributed by atoms with Crippen LogP contribution >= 0.6 is 0 Å². The molecule has 1 N–H and O–H groups in total. The Bertz CT molecular complexity index is 496. The third kappa shape index (κ3) is 2.08. The molecule has 0 bridgehead atoms. The van der Waals surface area contributed by atoms with Crippen LogP contribution in [0.25, 0.3) is 0 Å². The number of carboxylic acid groups (broad SMARTS) is 1. The second kappa shape index (κ2) is 4.40. The Labute approximate surface area is 93.1 Å². The third-order valence-electron chi connectivity index (χ3n) is 1.98. The fraction of sp³-hybridized carbons (Fsp3) is 0.222. The van der Waals surface area contributed by atoms with E-state index < -0.39 is 16.1 Å². The first-order valence-electron chi connectivity index (χ1n) is 4.26. The summed E-state index contributed by atoms with van der Waals surface area (Å²) in [6, 6.07) is 5.82. The van der Waals surface area contributed by atoms with Gasteiger partial charge in [0.15, 0.2) is 0 Å². The Balaban J connectivity index is 3.33. The van der Waals surface area contributed by atoms with Gasteiger partial charge in [0.25, 0.3) is 10.0 Å². The van der Waals surface area contributed by atoms with Gasteiger partial charge in [-0.1, -0.05) is 12.1 Å². The Morgan fingerprint density at radius 3 is 2.44 bits per heavy atom. The van der Waals surface area contributed by atoms with Gasteiger partial charge in [0.05, 0.1) is 7.11 Å². The van der Waals surface area contributed by atoms with E-state index in [1.54, 1.807) is 6.07 Å². The molecular weight excluding hydrogens is 234 g/mol. The molecule has 0 spiro atoms. The van der Waals surface area contributed by atoms with E-state index in [0.29, 0.717) is 0 Å². The molecule has 16 heavy (non-hydrogen) atoms. The van der Waals surface area contributed by atoms with Gasteiger partial charge in [-0.3, -0.25) is 0 Å². The molecule has 0 unspecified atom stereocenters. The number of benzene rings is 1. The van der Waals surface area contributed by atoms with Crippen molar-refractivity contribution in [2.75, 3.05) is 14.2 Å². The van der Waals surface area contributed by atoms with Gasteiger partial charge in [-0.05, 0) is 12.1 Å². The first-order valence-corrected chi connectivity index (χ1v) is 5.70. The molecule has 1 amide bonds. The molecule has 1 rings (SSSR count). The Hall–Kier alpha value is -1.76. The fourth-order valence-electron chi connectivity index (χ4n) is 1.08. The molecule has 1 aromatic rings. The molecule has 0 radical (unpaired) electrons. The van der Waals surface area contributed by atoms with E-state index in [9.17, 15) is 13.2 Å². The second-order valence-corrected chi connectivity index (χ2v) is 4.84. The van der Waals surface area contributed by atoms with Gasteiger partial charge in [0.1, 0.15) is 10.6 Å². The van der Waals surface area contributed by atoms with E-state index in [0.717, 1.165) is 7.05 Å². The molecule has 0 heterocycles. The molecule has 0 saturated carbocycles. The maximum atomic E-state index is 11.8. The van der Waals surface area contributed by atoms with Crippen LogP contribution in [0.15, 0.2) is 29.2 Å². The minimum Gasteiger partial charge on any atom is -0.495 e. The summed E-state index contributed by atoms with van der Waals surface area (Å²) < 4.78 is 28.7. The topological polar surface area (TPSA) is 83.9 Å². The number of rotatable bonds is 3.